The van der Waals surface area contributed by atoms with Crippen molar-refractivity contribution in [3.8, 4) is 17.6 Å². The van der Waals surface area contributed by atoms with Crippen molar-refractivity contribution < 1.29 is 17.9 Å². The van der Waals surface area contributed by atoms with Gasteiger partial charge in [-0.2, -0.15) is 5.26 Å². The summed E-state index contributed by atoms with van der Waals surface area (Å²) < 4.78 is 32.9. The van der Waals surface area contributed by atoms with Crippen LogP contribution in [0, 0.1) is 11.3 Å². The summed E-state index contributed by atoms with van der Waals surface area (Å²) in [5.74, 6) is 0.192. The van der Waals surface area contributed by atoms with Crippen molar-refractivity contribution in [3.05, 3.63) is 17.7 Å². The molecule has 0 aromatic heterocycles. The van der Waals surface area contributed by atoms with E-state index in [1.165, 1.54) is 26.4 Å². The summed E-state index contributed by atoms with van der Waals surface area (Å²) in [6, 6.07) is 4.62. The summed E-state index contributed by atoms with van der Waals surface area (Å²) in [6.45, 7) is 0. The minimum Gasteiger partial charge on any atom is -0.492 e. The average molecular weight is 241 g/mol. The van der Waals surface area contributed by atoms with Crippen molar-refractivity contribution in [3.63, 3.8) is 0 Å². The molecule has 0 atom stereocenters. The van der Waals surface area contributed by atoms with Crippen LogP contribution in [0.15, 0.2) is 17.0 Å². The largest absolute Gasteiger partial charge is 0.492 e. The van der Waals surface area contributed by atoms with E-state index in [9.17, 15) is 8.42 Å². The van der Waals surface area contributed by atoms with Crippen LogP contribution in [-0.4, -0.2) is 28.9 Å². The van der Waals surface area contributed by atoms with E-state index in [0.29, 0.717) is 0 Å². The van der Waals surface area contributed by atoms with Crippen LogP contribution in [0.25, 0.3) is 0 Å². The number of sulfone groups is 1. The predicted octanol–water partition coefficient (Wildman–Crippen LogP) is 0.979. The first-order valence-electron chi connectivity index (χ1n) is 4.30. The molecule has 0 heterocycles. The first kappa shape index (κ1) is 12.3. The van der Waals surface area contributed by atoms with Gasteiger partial charge in [0.2, 0.25) is 0 Å². The highest BCUT2D eigenvalue weighted by atomic mass is 32.2. The van der Waals surface area contributed by atoms with Gasteiger partial charge in [0.05, 0.1) is 19.8 Å². The molecule has 0 radical (unpaired) electrons. The average Bonchev–Trinajstić information content (AvgIpc) is 2.25. The maximum Gasteiger partial charge on any atom is 0.180 e. The summed E-state index contributed by atoms with van der Waals surface area (Å²) in [5.41, 5.74) is 0.228. The normalized spacial score (nSPS) is 10.6. The van der Waals surface area contributed by atoms with Gasteiger partial charge in [0.1, 0.15) is 11.0 Å². The summed E-state index contributed by atoms with van der Waals surface area (Å²) >= 11 is 0. The van der Waals surface area contributed by atoms with Gasteiger partial charge in [0.15, 0.2) is 21.3 Å². The molecular weight excluding hydrogens is 230 g/mol. The highest BCUT2D eigenvalue weighted by Crippen LogP contribution is 2.36. The Labute approximate surface area is 94.1 Å². The molecule has 1 aromatic carbocycles. The standard InChI is InChI=1S/C10H11NO4S/c1-14-9-7(6-11)4-5-8(10(9)15-2)16(3,12)13/h4-5H,1-3H3. The number of ether oxygens (including phenoxy) is 2. The van der Waals surface area contributed by atoms with Crippen molar-refractivity contribution in [1.29, 1.82) is 5.26 Å². The molecule has 1 aromatic rings. The lowest BCUT2D eigenvalue weighted by atomic mass is 10.2. The number of benzene rings is 1. The molecule has 86 valence electrons. The van der Waals surface area contributed by atoms with Gasteiger partial charge in [-0.25, -0.2) is 8.42 Å². The van der Waals surface area contributed by atoms with Crippen LogP contribution in [0.5, 0.6) is 11.5 Å². The second-order valence-electron chi connectivity index (χ2n) is 3.06. The minimum atomic E-state index is -3.42. The number of rotatable bonds is 3. The van der Waals surface area contributed by atoms with E-state index in [2.05, 4.69) is 0 Å². The first-order valence-corrected chi connectivity index (χ1v) is 6.20. The fourth-order valence-electron chi connectivity index (χ4n) is 1.32. The fraction of sp³-hybridized carbons (Fsp3) is 0.300. The summed E-state index contributed by atoms with van der Waals surface area (Å²) in [5, 5.41) is 8.83. The van der Waals surface area contributed by atoms with Crippen LogP contribution in [-0.2, 0) is 9.84 Å². The first-order chi connectivity index (χ1) is 7.45. The van der Waals surface area contributed by atoms with E-state index >= 15 is 0 Å². The van der Waals surface area contributed by atoms with Gasteiger partial charge in [-0.15, -0.1) is 0 Å². The summed E-state index contributed by atoms with van der Waals surface area (Å²) in [7, 11) is -0.739. The summed E-state index contributed by atoms with van der Waals surface area (Å²) in [6.07, 6.45) is 1.07. The van der Waals surface area contributed by atoms with E-state index in [4.69, 9.17) is 14.7 Å². The van der Waals surface area contributed by atoms with E-state index in [1.54, 1.807) is 0 Å². The molecule has 0 N–H and O–H groups in total. The van der Waals surface area contributed by atoms with Crippen molar-refractivity contribution in [1.82, 2.24) is 0 Å². The van der Waals surface area contributed by atoms with Crippen LogP contribution >= 0.6 is 0 Å². The number of methoxy groups -OCH3 is 2. The number of hydrogen-bond donors (Lipinski definition) is 0. The third-order valence-electron chi connectivity index (χ3n) is 2.00. The van der Waals surface area contributed by atoms with Crippen LogP contribution in [0.1, 0.15) is 5.56 Å². The Morgan fingerprint density at radius 1 is 1.19 bits per heavy atom. The van der Waals surface area contributed by atoms with E-state index in [0.717, 1.165) is 6.26 Å². The molecule has 16 heavy (non-hydrogen) atoms. The molecular formula is C10H11NO4S. The van der Waals surface area contributed by atoms with Gasteiger partial charge in [-0.1, -0.05) is 0 Å². The molecule has 1 rings (SSSR count). The fourth-order valence-corrected chi connectivity index (χ4v) is 2.15. The Kier molecular flexibility index (Phi) is 3.40. The smallest absolute Gasteiger partial charge is 0.180 e. The van der Waals surface area contributed by atoms with Gasteiger partial charge < -0.3 is 9.47 Å². The third-order valence-corrected chi connectivity index (χ3v) is 3.12. The quantitative estimate of drug-likeness (QED) is 0.788. The van der Waals surface area contributed by atoms with Crippen molar-refractivity contribution >= 4 is 9.84 Å². The van der Waals surface area contributed by atoms with E-state index in [-0.39, 0.29) is 22.0 Å². The number of nitrogens with zero attached hydrogens (tertiary/aromatic N) is 1. The SMILES string of the molecule is COc1c(C#N)ccc(S(C)(=O)=O)c1OC. The second-order valence-corrected chi connectivity index (χ2v) is 5.05. The predicted molar refractivity (Wildman–Crippen MR) is 57.4 cm³/mol. The third kappa shape index (κ3) is 2.09. The van der Waals surface area contributed by atoms with Crippen LogP contribution in [0.4, 0.5) is 0 Å². The molecule has 0 unspecified atom stereocenters. The van der Waals surface area contributed by atoms with Crippen molar-refractivity contribution in [2.24, 2.45) is 0 Å². The lowest BCUT2D eigenvalue weighted by Gasteiger charge is -2.12. The van der Waals surface area contributed by atoms with Crippen molar-refractivity contribution in [2.75, 3.05) is 20.5 Å². The van der Waals surface area contributed by atoms with Crippen LogP contribution < -0.4 is 9.47 Å². The molecule has 5 nitrogen and oxygen atoms in total. The Hall–Kier alpha value is -1.74. The minimum absolute atomic E-state index is 0.00542. The Bertz CT molecular complexity index is 543. The Balaban J connectivity index is 3.64. The molecule has 0 aliphatic rings. The maximum absolute atomic E-state index is 11.5. The molecule has 0 bridgehead atoms. The molecule has 0 spiro atoms. The topological polar surface area (TPSA) is 76.4 Å². The van der Waals surface area contributed by atoms with E-state index in [1.807, 2.05) is 6.07 Å². The number of hydrogen-bond acceptors (Lipinski definition) is 5. The van der Waals surface area contributed by atoms with Gasteiger partial charge >= 0.3 is 0 Å². The number of nitriles is 1. The molecule has 0 fully saturated rings. The molecule has 0 aliphatic carbocycles. The monoisotopic (exact) mass is 241 g/mol. The lowest BCUT2D eigenvalue weighted by molar-refractivity contribution is 0.346. The van der Waals surface area contributed by atoms with Gasteiger partial charge in [0.25, 0.3) is 0 Å². The van der Waals surface area contributed by atoms with Crippen LogP contribution in [0.2, 0.25) is 0 Å². The van der Waals surface area contributed by atoms with Crippen LogP contribution in [0.3, 0.4) is 0 Å². The molecule has 0 saturated carbocycles. The molecule has 0 saturated heterocycles. The Morgan fingerprint density at radius 3 is 2.12 bits per heavy atom. The van der Waals surface area contributed by atoms with Gasteiger partial charge in [-0.05, 0) is 12.1 Å². The zero-order valence-corrected chi connectivity index (χ0v) is 9.96. The highest BCUT2D eigenvalue weighted by Gasteiger charge is 2.21. The summed E-state index contributed by atoms with van der Waals surface area (Å²) in [4.78, 5) is 0.00542. The van der Waals surface area contributed by atoms with Gasteiger partial charge in [-0.3, -0.25) is 0 Å². The Morgan fingerprint density at radius 2 is 1.75 bits per heavy atom. The zero-order valence-electron chi connectivity index (χ0n) is 9.14. The zero-order chi connectivity index (χ0) is 12.3. The van der Waals surface area contributed by atoms with Gasteiger partial charge in [0, 0.05) is 6.26 Å². The molecule has 6 heteroatoms. The van der Waals surface area contributed by atoms with E-state index < -0.39 is 9.84 Å². The molecule has 0 aliphatic heterocycles. The second kappa shape index (κ2) is 4.41. The highest BCUT2D eigenvalue weighted by molar-refractivity contribution is 7.90. The molecule has 0 amide bonds. The lowest BCUT2D eigenvalue weighted by Crippen LogP contribution is -2.03. The van der Waals surface area contributed by atoms with Crippen molar-refractivity contribution in [2.45, 2.75) is 4.90 Å². The maximum atomic E-state index is 11.5.